The molecule has 0 saturated heterocycles. The van der Waals surface area contributed by atoms with E-state index in [4.69, 9.17) is 5.73 Å². The van der Waals surface area contributed by atoms with Crippen LogP contribution in [0.25, 0.3) is 0 Å². The zero-order valence-electron chi connectivity index (χ0n) is 8.33. The summed E-state index contributed by atoms with van der Waals surface area (Å²) in [6.07, 6.45) is 6.37. The first kappa shape index (κ1) is 10.7. The van der Waals surface area contributed by atoms with Crippen LogP contribution in [-0.4, -0.2) is 0 Å². The van der Waals surface area contributed by atoms with Gasteiger partial charge in [-0.15, -0.1) is 0 Å². The second-order valence-corrected chi connectivity index (χ2v) is 4.29. The van der Waals surface area contributed by atoms with Crippen LogP contribution in [0.1, 0.15) is 50.6 Å². The van der Waals surface area contributed by atoms with Gasteiger partial charge in [0, 0.05) is 6.04 Å². The lowest BCUT2D eigenvalue weighted by molar-refractivity contribution is 0.567. The molecule has 1 atom stereocenters. The molecule has 2 heteroatoms. The van der Waals surface area contributed by atoms with E-state index in [1.807, 2.05) is 0 Å². The Bertz CT molecular complexity index is 206. The normalized spacial score (nSPS) is 13.1. The van der Waals surface area contributed by atoms with Crippen LogP contribution < -0.4 is 5.73 Å². The van der Waals surface area contributed by atoms with Gasteiger partial charge in [0.1, 0.15) is 0 Å². The Morgan fingerprint density at radius 1 is 1.38 bits per heavy atom. The third-order valence-corrected chi connectivity index (χ3v) is 3.04. The second-order valence-electron chi connectivity index (χ2n) is 3.51. The average molecular weight is 197 g/mol. The van der Waals surface area contributed by atoms with E-state index in [1.54, 1.807) is 11.3 Å². The molecule has 0 spiro atoms. The van der Waals surface area contributed by atoms with Crippen molar-refractivity contribution in [2.45, 2.75) is 45.1 Å². The molecule has 0 radical (unpaired) electrons. The van der Waals surface area contributed by atoms with Crippen LogP contribution in [0, 0.1) is 0 Å². The Kier molecular flexibility index (Phi) is 5.09. The number of unbranched alkanes of at least 4 members (excludes halogenated alkanes) is 3. The lowest BCUT2D eigenvalue weighted by atomic mass is 10.0. The quantitative estimate of drug-likeness (QED) is 0.691. The molecule has 1 unspecified atom stereocenters. The Hall–Kier alpha value is -0.340. The number of thiophene rings is 1. The molecule has 0 bridgehead atoms. The van der Waals surface area contributed by atoms with Crippen molar-refractivity contribution in [2.24, 2.45) is 5.73 Å². The fraction of sp³-hybridized carbons (Fsp3) is 0.636. The van der Waals surface area contributed by atoms with Crippen LogP contribution >= 0.6 is 11.3 Å². The number of hydrogen-bond donors (Lipinski definition) is 1. The molecule has 2 N–H and O–H groups in total. The summed E-state index contributed by atoms with van der Waals surface area (Å²) < 4.78 is 0. The number of hydrogen-bond acceptors (Lipinski definition) is 2. The highest BCUT2D eigenvalue weighted by molar-refractivity contribution is 7.07. The van der Waals surface area contributed by atoms with Crippen LogP contribution in [0.5, 0.6) is 0 Å². The number of rotatable bonds is 6. The molecule has 1 aromatic heterocycles. The van der Waals surface area contributed by atoms with Crippen molar-refractivity contribution >= 4 is 11.3 Å². The van der Waals surface area contributed by atoms with Gasteiger partial charge in [0.25, 0.3) is 0 Å². The van der Waals surface area contributed by atoms with Crippen molar-refractivity contribution in [1.82, 2.24) is 0 Å². The highest BCUT2D eigenvalue weighted by atomic mass is 32.1. The second kappa shape index (κ2) is 6.17. The van der Waals surface area contributed by atoms with E-state index in [2.05, 4.69) is 23.8 Å². The van der Waals surface area contributed by atoms with E-state index < -0.39 is 0 Å². The van der Waals surface area contributed by atoms with Crippen molar-refractivity contribution in [3.05, 3.63) is 22.4 Å². The molecule has 1 aromatic rings. The smallest absolute Gasteiger partial charge is 0.0303 e. The summed E-state index contributed by atoms with van der Waals surface area (Å²) in [6, 6.07) is 2.40. The van der Waals surface area contributed by atoms with Crippen molar-refractivity contribution in [1.29, 1.82) is 0 Å². The SMILES string of the molecule is CCCCCCC(N)c1ccsc1. The maximum Gasteiger partial charge on any atom is 0.0303 e. The van der Waals surface area contributed by atoms with Gasteiger partial charge >= 0.3 is 0 Å². The molecule has 74 valence electrons. The highest BCUT2D eigenvalue weighted by Crippen LogP contribution is 2.19. The summed E-state index contributed by atoms with van der Waals surface area (Å²) >= 11 is 1.73. The zero-order chi connectivity index (χ0) is 9.52. The Labute approximate surface area is 85.0 Å². The minimum Gasteiger partial charge on any atom is -0.324 e. The van der Waals surface area contributed by atoms with E-state index in [0.29, 0.717) is 0 Å². The predicted molar refractivity (Wildman–Crippen MR) is 60.0 cm³/mol. The van der Waals surface area contributed by atoms with Crippen LogP contribution in [0.15, 0.2) is 16.8 Å². The summed E-state index contributed by atoms with van der Waals surface area (Å²) in [5, 5.41) is 4.26. The standard InChI is InChI=1S/C11H19NS/c1-2-3-4-5-6-11(12)10-7-8-13-9-10/h7-9,11H,2-6,12H2,1H3. The maximum atomic E-state index is 6.03. The first-order valence-electron chi connectivity index (χ1n) is 5.12. The summed E-state index contributed by atoms with van der Waals surface area (Å²) in [5.41, 5.74) is 7.34. The van der Waals surface area contributed by atoms with Gasteiger partial charge in [-0.1, -0.05) is 32.6 Å². The van der Waals surface area contributed by atoms with Crippen molar-refractivity contribution in [3.63, 3.8) is 0 Å². The lowest BCUT2D eigenvalue weighted by Crippen LogP contribution is -2.08. The summed E-state index contributed by atoms with van der Waals surface area (Å²) in [5.74, 6) is 0. The molecule has 0 aliphatic carbocycles. The zero-order valence-corrected chi connectivity index (χ0v) is 9.15. The van der Waals surface area contributed by atoms with E-state index >= 15 is 0 Å². The summed E-state index contributed by atoms with van der Waals surface area (Å²) in [7, 11) is 0. The van der Waals surface area contributed by atoms with Gasteiger partial charge in [-0.3, -0.25) is 0 Å². The minimum atomic E-state index is 0.267. The van der Waals surface area contributed by atoms with Gasteiger partial charge in [0.15, 0.2) is 0 Å². The van der Waals surface area contributed by atoms with Crippen LogP contribution in [-0.2, 0) is 0 Å². The van der Waals surface area contributed by atoms with Crippen molar-refractivity contribution in [3.8, 4) is 0 Å². The molecule has 1 rings (SSSR count). The van der Waals surface area contributed by atoms with Crippen molar-refractivity contribution < 1.29 is 0 Å². The molecule has 13 heavy (non-hydrogen) atoms. The topological polar surface area (TPSA) is 26.0 Å². The maximum absolute atomic E-state index is 6.03. The minimum absolute atomic E-state index is 0.267. The molecule has 0 amide bonds. The van der Waals surface area contributed by atoms with Gasteiger partial charge < -0.3 is 5.73 Å². The predicted octanol–water partition coefficient (Wildman–Crippen LogP) is 3.72. The molecule has 0 aliphatic heterocycles. The van der Waals surface area contributed by atoms with Gasteiger partial charge in [-0.25, -0.2) is 0 Å². The fourth-order valence-corrected chi connectivity index (χ4v) is 2.17. The highest BCUT2D eigenvalue weighted by Gasteiger charge is 2.04. The summed E-state index contributed by atoms with van der Waals surface area (Å²) in [4.78, 5) is 0. The fourth-order valence-electron chi connectivity index (χ4n) is 1.44. The third-order valence-electron chi connectivity index (χ3n) is 2.34. The Morgan fingerprint density at radius 2 is 2.23 bits per heavy atom. The third kappa shape index (κ3) is 3.92. The van der Waals surface area contributed by atoms with E-state index in [-0.39, 0.29) is 6.04 Å². The number of nitrogens with two attached hydrogens (primary N) is 1. The molecule has 0 saturated carbocycles. The molecule has 0 fully saturated rings. The largest absolute Gasteiger partial charge is 0.324 e. The first-order valence-corrected chi connectivity index (χ1v) is 6.06. The monoisotopic (exact) mass is 197 g/mol. The van der Waals surface area contributed by atoms with Crippen LogP contribution in [0.3, 0.4) is 0 Å². The van der Waals surface area contributed by atoms with Gasteiger partial charge in [0.05, 0.1) is 0 Å². The first-order chi connectivity index (χ1) is 6.34. The lowest BCUT2D eigenvalue weighted by Gasteiger charge is -2.08. The van der Waals surface area contributed by atoms with Gasteiger partial charge in [-0.05, 0) is 28.8 Å². The van der Waals surface area contributed by atoms with E-state index in [1.165, 1.54) is 31.2 Å². The van der Waals surface area contributed by atoms with Crippen LogP contribution in [0.4, 0.5) is 0 Å². The van der Waals surface area contributed by atoms with E-state index in [0.717, 1.165) is 6.42 Å². The molecule has 0 aromatic carbocycles. The molecular formula is C11H19NS. The Balaban J connectivity index is 2.15. The van der Waals surface area contributed by atoms with E-state index in [9.17, 15) is 0 Å². The molecular weight excluding hydrogens is 178 g/mol. The molecule has 1 nitrogen and oxygen atoms in total. The van der Waals surface area contributed by atoms with Gasteiger partial charge in [-0.2, -0.15) is 11.3 Å². The molecule has 0 aliphatic rings. The van der Waals surface area contributed by atoms with Gasteiger partial charge in [0.2, 0.25) is 0 Å². The van der Waals surface area contributed by atoms with Crippen LogP contribution in [0.2, 0.25) is 0 Å². The summed E-state index contributed by atoms with van der Waals surface area (Å²) in [6.45, 7) is 2.23. The van der Waals surface area contributed by atoms with Crippen molar-refractivity contribution in [2.75, 3.05) is 0 Å². The Morgan fingerprint density at radius 3 is 2.85 bits per heavy atom. The molecule has 1 heterocycles. The average Bonchev–Trinajstić information content (AvgIpc) is 2.65.